The molecular formula is C44H47ClFN9O6. The number of nitriles is 1. The van der Waals surface area contributed by atoms with Gasteiger partial charge in [-0.15, -0.1) is 0 Å². The van der Waals surface area contributed by atoms with Crippen LogP contribution in [0, 0.1) is 28.5 Å². The number of imide groups is 2. The number of amides is 5. The molecule has 0 radical (unpaired) electrons. The highest BCUT2D eigenvalue weighted by atomic mass is 35.5. The monoisotopic (exact) mass is 851 g/mol. The normalized spacial score (nSPS) is 24.3. The lowest BCUT2D eigenvalue weighted by molar-refractivity contribution is -0.136. The van der Waals surface area contributed by atoms with Gasteiger partial charge < -0.3 is 24.8 Å². The average Bonchev–Trinajstić information content (AvgIpc) is 3.48. The van der Waals surface area contributed by atoms with E-state index in [2.05, 4.69) is 30.4 Å². The number of nitrogens with one attached hydrogen (secondary N) is 2. The van der Waals surface area contributed by atoms with Gasteiger partial charge in [-0.05, 0) is 101 Å². The fourth-order valence-corrected chi connectivity index (χ4v) is 10.2. The van der Waals surface area contributed by atoms with Gasteiger partial charge in [0.05, 0.1) is 51.6 Å². The third kappa shape index (κ3) is 8.25. The summed E-state index contributed by atoms with van der Waals surface area (Å²) >= 11 is 6.15. The van der Waals surface area contributed by atoms with E-state index in [1.165, 1.54) is 6.07 Å². The van der Waals surface area contributed by atoms with E-state index < -0.39 is 35.5 Å². The van der Waals surface area contributed by atoms with Gasteiger partial charge in [-0.3, -0.25) is 34.2 Å². The molecular weight excluding hydrogens is 805 g/mol. The minimum atomic E-state index is -1.09. The maximum Gasteiger partial charge on any atom is 0.289 e. The van der Waals surface area contributed by atoms with E-state index in [-0.39, 0.29) is 58.9 Å². The molecule has 6 heterocycles. The number of rotatable bonds is 9. The maximum absolute atomic E-state index is 15.5. The van der Waals surface area contributed by atoms with Gasteiger partial charge in [0.15, 0.2) is 0 Å². The van der Waals surface area contributed by atoms with Crippen LogP contribution in [0.5, 0.6) is 5.75 Å². The summed E-state index contributed by atoms with van der Waals surface area (Å²) in [6.07, 6.45) is 10.6. The predicted octanol–water partition coefficient (Wildman–Crippen LogP) is 4.48. The molecule has 2 aromatic carbocycles. The van der Waals surface area contributed by atoms with Crippen molar-refractivity contribution in [3.05, 3.63) is 76.1 Å². The fourth-order valence-electron chi connectivity index (χ4n) is 9.94. The van der Waals surface area contributed by atoms with Crippen molar-refractivity contribution in [1.29, 1.82) is 5.26 Å². The summed E-state index contributed by atoms with van der Waals surface area (Å²) in [5.74, 6) is -2.09. The van der Waals surface area contributed by atoms with Crippen molar-refractivity contribution in [1.82, 2.24) is 30.4 Å². The number of hydrogen-bond donors (Lipinski definition) is 2. The first kappa shape index (κ1) is 40.7. The highest BCUT2D eigenvalue weighted by Gasteiger charge is 2.47. The number of likely N-dealkylation sites (tertiary alicyclic amines) is 1. The summed E-state index contributed by atoms with van der Waals surface area (Å²) in [5, 5.41) is 14.7. The van der Waals surface area contributed by atoms with Crippen LogP contribution in [0.15, 0.2) is 42.7 Å². The van der Waals surface area contributed by atoms with Crippen LogP contribution < -0.4 is 25.2 Å². The Hall–Kier alpha value is -5.66. The highest BCUT2D eigenvalue weighted by Crippen LogP contribution is 2.43. The number of piperidine rings is 3. The number of hydrogen-bond acceptors (Lipinski definition) is 12. The molecule has 17 heteroatoms. The molecule has 0 bridgehead atoms. The van der Waals surface area contributed by atoms with Crippen LogP contribution >= 0.6 is 11.6 Å². The quantitative estimate of drug-likeness (QED) is 0.289. The Morgan fingerprint density at radius 2 is 1.61 bits per heavy atom. The maximum atomic E-state index is 15.5. The molecule has 61 heavy (non-hydrogen) atoms. The average molecular weight is 852 g/mol. The first-order valence-corrected chi connectivity index (χ1v) is 21.6. The Labute approximate surface area is 357 Å². The minimum absolute atomic E-state index is 0.0107. The second-order valence-electron chi connectivity index (χ2n) is 17.5. The molecule has 1 aromatic heterocycles. The number of carbonyl (C=O) groups is 5. The van der Waals surface area contributed by atoms with Gasteiger partial charge in [-0.25, -0.2) is 14.4 Å². The van der Waals surface area contributed by atoms with E-state index >= 15 is 4.39 Å². The molecule has 6 aliphatic rings. The highest BCUT2D eigenvalue weighted by molar-refractivity contribution is 6.31. The number of ether oxygens (including phenoxy) is 1. The van der Waals surface area contributed by atoms with E-state index in [1.807, 2.05) is 11.0 Å². The van der Waals surface area contributed by atoms with Gasteiger partial charge in [0.25, 0.3) is 17.7 Å². The minimum Gasteiger partial charge on any atom is -0.490 e. The predicted molar refractivity (Wildman–Crippen MR) is 221 cm³/mol. The number of aromatic nitrogens is 2. The zero-order valence-electron chi connectivity index (χ0n) is 33.7. The summed E-state index contributed by atoms with van der Waals surface area (Å²) in [7, 11) is 0. The molecule has 9 rings (SSSR count). The Morgan fingerprint density at radius 3 is 2.26 bits per heavy atom. The molecule has 318 valence electrons. The number of nitrogens with zero attached hydrogens (tertiary/aromatic N) is 7. The Morgan fingerprint density at radius 1 is 0.918 bits per heavy atom. The summed E-state index contributed by atoms with van der Waals surface area (Å²) in [4.78, 5) is 80.0. The smallest absolute Gasteiger partial charge is 0.289 e. The molecule has 5 fully saturated rings. The Kier molecular flexibility index (Phi) is 11.1. The van der Waals surface area contributed by atoms with Crippen molar-refractivity contribution in [2.45, 2.75) is 82.4 Å². The third-order valence-electron chi connectivity index (χ3n) is 13.5. The van der Waals surface area contributed by atoms with Gasteiger partial charge in [0, 0.05) is 56.7 Å². The zero-order chi connectivity index (χ0) is 42.4. The van der Waals surface area contributed by atoms with Crippen molar-refractivity contribution < 1.29 is 33.1 Å². The van der Waals surface area contributed by atoms with Crippen molar-refractivity contribution in [2.75, 3.05) is 55.6 Å². The lowest BCUT2D eigenvalue weighted by Gasteiger charge is -2.55. The third-order valence-corrected chi connectivity index (χ3v) is 13.8. The molecule has 1 aliphatic carbocycles. The molecule has 2 N–H and O–H groups in total. The number of fused-ring (bicyclic) bond motifs is 1. The van der Waals surface area contributed by atoms with Gasteiger partial charge >= 0.3 is 0 Å². The first-order valence-electron chi connectivity index (χ1n) is 21.2. The van der Waals surface area contributed by atoms with Gasteiger partial charge in [-0.1, -0.05) is 11.6 Å². The summed E-state index contributed by atoms with van der Waals surface area (Å²) < 4.78 is 21.5. The van der Waals surface area contributed by atoms with Gasteiger partial charge in [0.2, 0.25) is 17.6 Å². The molecule has 1 atom stereocenters. The summed E-state index contributed by atoms with van der Waals surface area (Å²) in [6.45, 7) is 6.13. The van der Waals surface area contributed by atoms with E-state index in [0.717, 1.165) is 101 Å². The Bertz CT molecular complexity index is 2290. The van der Waals surface area contributed by atoms with Crippen LogP contribution in [-0.4, -0.2) is 113 Å². The van der Waals surface area contributed by atoms with Crippen LogP contribution in [-0.2, 0) is 9.59 Å². The Balaban J connectivity index is 0.692. The van der Waals surface area contributed by atoms with E-state index in [9.17, 15) is 24.0 Å². The second kappa shape index (κ2) is 16.7. The standard InChI is InChI=1S/C44H47ClFN9O6/c45-34-17-31(4-1-27(34)20-47)61-30-5-2-28(3-6-30)50-41(58)39-48-21-29(22-49-39)54-24-44(25-54)11-15-52(16-12-44)23-26-9-13-53(14-10-26)37-19-33-32(18-35(37)46)42(59)55(43(33)60)36-7-8-38(56)51-40(36)57/h1,4,17-19,21-22,26,28,30,36H,2-3,5-16,23-25H2,(H,50,58)(H,51,56,57)/t28-,30-,36?. The molecule has 5 amide bonds. The molecule has 1 unspecified atom stereocenters. The van der Waals surface area contributed by atoms with Crippen molar-refractivity contribution in [2.24, 2.45) is 11.3 Å². The van der Waals surface area contributed by atoms with Crippen LogP contribution in [0.25, 0.3) is 0 Å². The second-order valence-corrected chi connectivity index (χ2v) is 17.9. The van der Waals surface area contributed by atoms with Crippen LogP contribution in [0.4, 0.5) is 15.8 Å². The molecule has 1 spiro atoms. The summed E-state index contributed by atoms with van der Waals surface area (Å²) in [5.41, 5.74) is 1.90. The molecule has 3 aromatic rings. The number of anilines is 2. The van der Waals surface area contributed by atoms with Crippen LogP contribution in [0.1, 0.15) is 101 Å². The summed E-state index contributed by atoms with van der Waals surface area (Å²) in [6, 6.07) is 8.60. The van der Waals surface area contributed by atoms with E-state index in [1.54, 1.807) is 30.6 Å². The lowest BCUT2D eigenvalue weighted by Crippen LogP contribution is -2.60. The van der Waals surface area contributed by atoms with Crippen molar-refractivity contribution in [3.8, 4) is 11.8 Å². The van der Waals surface area contributed by atoms with Gasteiger partial charge in [0.1, 0.15) is 23.7 Å². The van der Waals surface area contributed by atoms with Crippen molar-refractivity contribution >= 4 is 52.5 Å². The first-order chi connectivity index (χ1) is 29.5. The topological polar surface area (TPSA) is 181 Å². The number of benzene rings is 2. The van der Waals surface area contributed by atoms with Gasteiger partial charge in [-0.2, -0.15) is 5.26 Å². The number of halogens is 2. The van der Waals surface area contributed by atoms with Crippen molar-refractivity contribution in [3.63, 3.8) is 0 Å². The zero-order valence-corrected chi connectivity index (χ0v) is 34.5. The molecule has 4 saturated heterocycles. The number of carbonyl (C=O) groups excluding carboxylic acids is 5. The largest absolute Gasteiger partial charge is 0.490 e. The molecule has 15 nitrogen and oxygen atoms in total. The fraction of sp³-hybridized carbons (Fsp3) is 0.500. The molecule has 1 saturated carbocycles. The van der Waals surface area contributed by atoms with E-state index in [4.69, 9.17) is 21.6 Å². The molecule has 5 aliphatic heterocycles. The van der Waals surface area contributed by atoms with Crippen LogP contribution in [0.3, 0.4) is 0 Å². The van der Waals surface area contributed by atoms with E-state index in [0.29, 0.717) is 35.3 Å². The lowest BCUT2D eigenvalue weighted by atomic mass is 9.71. The SMILES string of the molecule is N#Cc1ccc(O[C@H]2CC[C@H](NC(=O)c3ncc(N4CC5(CCN(CC6CCN(c7cc8c(cc7F)C(=O)N(C7CCC(=O)NC7=O)C8=O)CC6)CC5)C4)cn3)CC2)cc1Cl. The van der Waals surface area contributed by atoms with Crippen LogP contribution in [0.2, 0.25) is 5.02 Å².